The zero-order valence-electron chi connectivity index (χ0n) is 13.6. The third-order valence-corrected chi connectivity index (χ3v) is 4.16. The average Bonchev–Trinajstić information content (AvgIpc) is 2.58. The van der Waals surface area contributed by atoms with Crippen molar-refractivity contribution >= 4 is 21.8 Å². The molecule has 3 nitrogen and oxygen atoms in total. The van der Waals surface area contributed by atoms with Gasteiger partial charge in [0.2, 0.25) is 0 Å². The van der Waals surface area contributed by atoms with E-state index in [-0.39, 0.29) is 18.1 Å². The van der Waals surface area contributed by atoms with Crippen LogP contribution in [0.1, 0.15) is 57.8 Å². The standard InChI is InChI=1S/C15H20BrNO2.C2H6/c1-4-5-8-17-10(2)11(3)19-14-7-6-12(16)9-13(14)15(17)18;1-2/h6-7,9-11H,4-5,8H2,1-3H3;1-2H3/t10-,11?;/m1./s1. The molecule has 2 rings (SSSR count). The smallest absolute Gasteiger partial charge is 0.258 e. The molecule has 0 fully saturated rings. The van der Waals surface area contributed by atoms with Crippen molar-refractivity contribution in [2.45, 2.75) is 59.6 Å². The van der Waals surface area contributed by atoms with Gasteiger partial charge in [-0.1, -0.05) is 43.1 Å². The summed E-state index contributed by atoms with van der Waals surface area (Å²) in [6, 6.07) is 5.71. The summed E-state index contributed by atoms with van der Waals surface area (Å²) >= 11 is 3.42. The molecule has 21 heavy (non-hydrogen) atoms. The fraction of sp³-hybridized carbons (Fsp3) is 0.588. The van der Waals surface area contributed by atoms with E-state index in [0.29, 0.717) is 11.3 Å². The Labute approximate surface area is 136 Å². The van der Waals surface area contributed by atoms with Crippen LogP contribution in [0.3, 0.4) is 0 Å². The first kappa shape index (κ1) is 18.0. The normalized spacial score (nSPS) is 20.9. The van der Waals surface area contributed by atoms with Crippen LogP contribution in [0.4, 0.5) is 0 Å². The zero-order chi connectivity index (χ0) is 16.0. The van der Waals surface area contributed by atoms with Crippen LogP contribution in [-0.4, -0.2) is 29.5 Å². The molecule has 1 aliphatic heterocycles. The highest BCUT2D eigenvalue weighted by Gasteiger charge is 2.32. The van der Waals surface area contributed by atoms with Crippen LogP contribution in [0.25, 0.3) is 0 Å². The summed E-state index contributed by atoms with van der Waals surface area (Å²) in [6.07, 6.45) is 2.10. The van der Waals surface area contributed by atoms with Gasteiger partial charge in [-0.15, -0.1) is 0 Å². The van der Waals surface area contributed by atoms with Gasteiger partial charge in [0.05, 0.1) is 11.6 Å². The fourth-order valence-corrected chi connectivity index (χ4v) is 2.66. The van der Waals surface area contributed by atoms with Crippen LogP contribution in [0.5, 0.6) is 5.75 Å². The van der Waals surface area contributed by atoms with E-state index >= 15 is 0 Å². The molecule has 0 saturated heterocycles. The molecule has 0 radical (unpaired) electrons. The lowest BCUT2D eigenvalue weighted by molar-refractivity contribution is 0.0582. The van der Waals surface area contributed by atoms with Gasteiger partial charge in [-0.25, -0.2) is 0 Å². The highest BCUT2D eigenvalue weighted by atomic mass is 79.9. The quantitative estimate of drug-likeness (QED) is 0.772. The van der Waals surface area contributed by atoms with E-state index in [1.165, 1.54) is 0 Å². The van der Waals surface area contributed by atoms with Gasteiger partial charge in [-0.05, 0) is 38.5 Å². The number of nitrogens with zero attached hydrogens (tertiary/aromatic N) is 1. The van der Waals surface area contributed by atoms with Crippen LogP contribution in [0.2, 0.25) is 0 Å². The van der Waals surface area contributed by atoms with E-state index in [0.717, 1.165) is 23.9 Å². The molecule has 1 heterocycles. The summed E-state index contributed by atoms with van der Waals surface area (Å²) < 4.78 is 6.82. The molecule has 1 unspecified atom stereocenters. The van der Waals surface area contributed by atoms with E-state index in [9.17, 15) is 4.79 Å². The number of fused-ring (bicyclic) bond motifs is 1. The molecule has 1 amide bonds. The SMILES string of the molecule is CC.CCCCN1C(=O)c2cc(Br)ccc2OC(C)[C@H]1C. The van der Waals surface area contributed by atoms with Crippen molar-refractivity contribution in [3.8, 4) is 5.75 Å². The van der Waals surface area contributed by atoms with E-state index in [2.05, 4.69) is 29.8 Å². The van der Waals surface area contributed by atoms with E-state index < -0.39 is 0 Å². The molecule has 4 heteroatoms. The Morgan fingerprint density at radius 1 is 1.29 bits per heavy atom. The lowest BCUT2D eigenvalue weighted by Crippen LogP contribution is -2.44. The number of hydrogen-bond donors (Lipinski definition) is 0. The first-order valence-electron chi connectivity index (χ1n) is 7.81. The van der Waals surface area contributed by atoms with Crippen molar-refractivity contribution in [1.29, 1.82) is 0 Å². The number of ether oxygens (including phenoxy) is 1. The van der Waals surface area contributed by atoms with Gasteiger partial charge in [0.15, 0.2) is 0 Å². The predicted octanol–water partition coefficient (Wildman–Crippen LogP) is 4.89. The van der Waals surface area contributed by atoms with Crippen LogP contribution >= 0.6 is 15.9 Å². The topological polar surface area (TPSA) is 29.5 Å². The molecule has 0 N–H and O–H groups in total. The summed E-state index contributed by atoms with van der Waals surface area (Å²) in [7, 11) is 0. The maximum atomic E-state index is 12.7. The minimum Gasteiger partial charge on any atom is -0.488 e. The Balaban J connectivity index is 0.00000106. The number of carbonyl (C=O) groups excluding carboxylic acids is 1. The van der Waals surface area contributed by atoms with Gasteiger partial charge in [0.1, 0.15) is 11.9 Å². The molecule has 1 aromatic rings. The van der Waals surface area contributed by atoms with Crippen molar-refractivity contribution in [3.05, 3.63) is 28.2 Å². The first-order chi connectivity index (χ1) is 10.0. The van der Waals surface area contributed by atoms with Gasteiger partial charge in [0.25, 0.3) is 5.91 Å². The van der Waals surface area contributed by atoms with Crippen LogP contribution in [0, 0.1) is 0 Å². The van der Waals surface area contributed by atoms with Crippen molar-refractivity contribution in [2.24, 2.45) is 0 Å². The molecule has 0 saturated carbocycles. The molecular weight excluding hydrogens is 330 g/mol. The molecule has 0 aliphatic carbocycles. The summed E-state index contributed by atoms with van der Waals surface area (Å²) in [4.78, 5) is 14.6. The summed E-state index contributed by atoms with van der Waals surface area (Å²) in [5.74, 6) is 0.758. The molecule has 0 aromatic heterocycles. The summed E-state index contributed by atoms with van der Waals surface area (Å²) in [6.45, 7) is 11.0. The summed E-state index contributed by atoms with van der Waals surface area (Å²) in [5.41, 5.74) is 0.654. The number of rotatable bonds is 3. The highest BCUT2D eigenvalue weighted by molar-refractivity contribution is 9.10. The van der Waals surface area contributed by atoms with E-state index in [4.69, 9.17) is 4.74 Å². The predicted molar refractivity (Wildman–Crippen MR) is 91.0 cm³/mol. The number of hydrogen-bond acceptors (Lipinski definition) is 2. The highest BCUT2D eigenvalue weighted by Crippen LogP contribution is 2.30. The average molecular weight is 356 g/mol. The molecule has 0 bridgehead atoms. The molecule has 0 spiro atoms. The van der Waals surface area contributed by atoms with Crippen molar-refractivity contribution in [1.82, 2.24) is 4.90 Å². The van der Waals surface area contributed by atoms with Gasteiger partial charge < -0.3 is 9.64 Å². The third kappa shape index (κ3) is 4.22. The Hall–Kier alpha value is -1.03. The van der Waals surface area contributed by atoms with E-state index in [1.54, 1.807) is 0 Å². The second-order valence-electron chi connectivity index (χ2n) is 5.06. The maximum Gasteiger partial charge on any atom is 0.258 e. The van der Waals surface area contributed by atoms with Crippen molar-refractivity contribution in [3.63, 3.8) is 0 Å². The minimum atomic E-state index is 0.00299. The first-order valence-corrected chi connectivity index (χ1v) is 8.61. The monoisotopic (exact) mass is 355 g/mol. The molecule has 118 valence electrons. The van der Waals surface area contributed by atoms with Crippen LogP contribution < -0.4 is 4.74 Å². The maximum absolute atomic E-state index is 12.7. The van der Waals surface area contributed by atoms with E-state index in [1.807, 2.05) is 43.9 Å². The molecule has 1 aromatic carbocycles. The third-order valence-electron chi connectivity index (χ3n) is 3.67. The Kier molecular flexibility index (Phi) is 7.23. The Morgan fingerprint density at radius 2 is 1.95 bits per heavy atom. The largest absolute Gasteiger partial charge is 0.488 e. The minimum absolute atomic E-state index is 0.00299. The van der Waals surface area contributed by atoms with Gasteiger partial charge in [-0.2, -0.15) is 0 Å². The van der Waals surface area contributed by atoms with Gasteiger partial charge >= 0.3 is 0 Å². The molecular formula is C17H26BrNO2. The van der Waals surface area contributed by atoms with Crippen molar-refractivity contribution < 1.29 is 9.53 Å². The van der Waals surface area contributed by atoms with Crippen molar-refractivity contribution in [2.75, 3.05) is 6.54 Å². The van der Waals surface area contributed by atoms with Crippen LogP contribution in [0.15, 0.2) is 22.7 Å². The Bertz CT molecular complexity index is 476. The number of carbonyl (C=O) groups is 1. The number of amides is 1. The fourth-order valence-electron chi connectivity index (χ4n) is 2.30. The lowest BCUT2D eigenvalue weighted by atomic mass is 10.1. The number of benzene rings is 1. The zero-order valence-corrected chi connectivity index (χ0v) is 15.2. The molecule has 1 aliphatic rings. The Morgan fingerprint density at radius 3 is 2.57 bits per heavy atom. The molecule has 2 atom stereocenters. The van der Waals surface area contributed by atoms with Crippen LogP contribution in [-0.2, 0) is 0 Å². The van der Waals surface area contributed by atoms with Gasteiger partial charge in [-0.3, -0.25) is 4.79 Å². The second-order valence-corrected chi connectivity index (χ2v) is 5.97. The second kappa shape index (κ2) is 8.42. The van der Waals surface area contributed by atoms with Gasteiger partial charge in [0, 0.05) is 11.0 Å². The number of halogens is 1. The number of unbranched alkanes of at least 4 members (excludes halogenated alkanes) is 1. The lowest BCUT2D eigenvalue weighted by Gasteiger charge is -2.30. The summed E-state index contributed by atoms with van der Waals surface area (Å²) in [5, 5.41) is 0.